The van der Waals surface area contributed by atoms with Crippen molar-refractivity contribution in [1.82, 2.24) is 10.6 Å². The number of carbonyl (C=O) groups is 3. The molecule has 3 aromatic rings. The van der Waals surface area contributed by atoms with Gasteiger partial charge in [-0.25, -0.2) is 9.59 Å². The normalized spacial score (nSPS) is 14.3. The molecule has 0 unspecified atom stereocenters. The van der Waals surface area contributed by atoms with Crippen molar-refractivity contribution in [2.24, 2.45) is 0 Å². The molecule has 3 atom stereocenters. The monoisotopic (exact) mass is 558 g/mol. The lowest BCUT2D eigenvalue weighted by atomic mass is 9.98. The van der Waals surface area contributed by atoms with E-state index in [4.69, 9.17) is 9.47 Å². The van der Waals surface area contributed by atoms with E-state index >= 15 is 0 Å². The molecule has 0 fully saturated rings. The van der Waals surface area contributed by atoms with E-state index in [0.29, 0.717) is 6.42 Å². The summed E-state index contributed by atoms with van der Waals surface area (Å²) < 4.78 is 11.4. The number of amides is 2. The van der Waals surface area contributed by atoms with E-state index in [-0.39, 0.29) is 25.6 Å². The van der Waals surface area contributed by atoms with Crippen molar-refractivity contribution in [3.8, 4) is 11.1 Å². The fourth-order valence-electron chi connectivity index (χ4n) is 5.22. The molecule has 1 aliphatic carbocycles. The standard InChI is InChI=1S/C33H38N2O6/c1-3-4-14-24(19-30(36)35-31(32(37)38)22(2)40-20-23-12-6-5-7-13-23)34-33(39)41-21-29-27-17-10-8-15-25(27)26-16-9-11-18-28(26)29/h5-13,15-18,22,24,29,31H,3-4,14,19-21H2,1-2H3,(H,34,39)(H,35,36)(H,37,38)/t22-,24+,31+/m1/s1. The highest BCUT2D eigenvalue weighted by atomic mass is 16.5. The van der Waals surface area contributed by atoms with Crippen LogP contribution in [0.1, 0.15) is 62.1 Å². The van der Waals surface area contributed by atoms with Crippen LogP contribution in [0.3, 0.4) is 0 Å². The van der Waals surface area contributed by atoms with Crippen molar-refractivity contribution in [1.29, 1.82) is 0 Å². The third kappa shape index (κ3) is 7.95. The summed E-state index contributed by atoms with van der Waals surface area (Å²) >= 11 is 0. The average molecular weight is 559 g/mol. The van der Waals surface area contributed by atoms with Crippen LogP contribution in [0, 0.1) is 0 Å². The summed E-state index contributed by atoms with van der Waals surface area (Å²) in [5.41, 5.74) is 5.43. The Labute approximate surface area is 241 Å². The Morgan fingerprint density at radius 1 is 0.878 bits per heavy atom. The summed E-state index contributed by atoms with van der Waals surface area (Å²) in [5.74, 6) is -1.74. The van der Waals surface area contributed by atoms with Crippen molar-refractivity contribution in [3.63, 3.8) is 0 Å². The van der Waals surface area contributed by atoms with E-state index < -0.39 is 36.2 Å². The number of nitrogens with one attached hydrogen (secondary N) is 2. The van der Waals surface area contributed by atoms with E-state index in [1.165, 1.54) is 0 Å². The third-order valence-corrected chi connectivity index (χ3v) is 7.41. The zero-order valence-electron chi connectivity index (χ0n) is 23.5. The van der Waals surface area contributed by atoms with Gasteiger partial charge in [0, 0.05) is 18.4 Å². The Kier molecular flexibility index (Phi) is 10.5. The van der Waals surface area contributed by atoms with E-state index in [0.717, 1.165) is 40.7 Å². The molecule has 8 heteroatoms. The van der Waals surface area contributed by atoms with Crippen molar-refractivity contribution in [2.75, 3.05) is 6.61 Å². The number of hydrogen-bond donors (Lipinski definition) is 3. The van der Waals surface area contributed by atoms with E-state index in [9.17, 15) is 19.5 Å². The molecule has 3 aromatic carbocycles. The molecular weight excluding hydrogens is 520 g/mol. The Morgan fingerprint density at radius 2 is 1.49 bits per heavy atom. The van der Waals surface area contributed by atoms with Crippen LogP contribution in [-0.4, -0.2) is 47.9 Å². The van der Waals surface area contributed by atoms with E-state index in [1.54, 1.807) is 6.92 Å². The molecule has 4 rings (SSSR count). The maximum absolute atomic E-state index is 12.9. The van der Waals surface area contributed by atoms with Crippen LogP contribution in [-0.2, 0) is 25.7 Å². The van der Waals surface area contributed by atoms with Crippen LogP contribution in [0.2, 0.25) is 0 Å². The van der Waals surface area contributed by atoms with Crippen LogP contribution in [0.15, 0.2) is 78.9 Å². The number of carboxylic acid groups (broad SMARTS) is 1. The van der Waals surface area contributed by atoms with Gasteiger partial charge < -0.3 is 25.2 Å². The number of hydrogen-bond acceptors (Lipinski definition) is 5. The fourth-order valence-corrected chi connectivity index (χ4v) is 5.22. The maximum Gasteiger partial charge on any atom is 0.407 e. The summed E-state index contributed by atoms with van der Waals surface area (Å²) in [6.07, 6.45) is 0.800. The predicted octanol–water partition coefficient (Wildman–Crippen LogP) is 5.65. The second-order valence-corrected chi connectivity index (χ2v) is 10.4. The summed E-state index contributed by atoms with van der Waals surface area (Å²) in [4.78, 5) is 37.7. The Balaban J connectivity index is 1.32. The Hall–Kier alpha value is -4.17. The number of ether oxygens (including phenoxy) is 2. The molecule has 0 saturated heterocycles. The number of carbonyl (C=O) groups excluding carboxylic acids is 2. The number of carboxylic acids is 1. The summed E-state index contributed by atoms with van der Waals surface area (Å²) in [6, 6.07) is 23.9. The Bertz CT molecular complexity index is 1280. The first-order chi connectivity index (χ1) is 19.9. The first kappa shape index (κ1) is 29.8. The minimum absolute atomic E-state index is 0.0701. The second-order valence-electron chi connectivity index (χ2n) is 10.4. The largest absolute Gasteiger partial charge is 0.480 e. The summed E-state index contributed by atoms with van der Waals surface area (Å²) in [6.45, 7) is 4.04. The zero-order chi connectivity index (χ0) is 29.2. The molecule has 1 aliphatic rings. The SMILES string of the molecule is CCCC[C@@H](CC(=O)N[C@H](C(=O)O)[C@@H](C)OCc1ccccc1)NC(=O)OCC1c2ccccc2-c2ccccc21. The molecule has 3 N–H and O–H groups in total. The van der Waals surface area contributed by atoms with Gasteiger partial charge in [-0.2, -0.15) is 0 Å². The minimum Gasteiger partial charge on any atom is -0.480 e. The quantitative estimate of drug-likeness (QED) is 0.236. The van der Waals surface area contributed by atoms with Gasteiger partial charge in [-0.3, -0.25) is 4.79 Å². The first-order valence-corrected chi connectivity index (χ1v) is 14.2. The van der Waals surface area contributed by atoms with Crippen LogP contribution in [0.25, 0.3) is 11.1 Å². The van der Waals surface area contributed by atoms with Gasteiger partial charge in [0.1, 0.15) is 6.61 Å². The van der Waals surface area contributed by atoms with Crippen molar-refractivity contribution < 1.29 is 29.0 Å². The van der Waals surface area contributed by atoms with Crippen LogP contribution >= 0.6 is 0 Å². The number of unbranched alkanes of at least 4 members (excludes halogenated alkanes) is 1. The van der Waals surface area contributed by atoms with Crippen LogP contribution < -0.4 is 10.6 Å². The molecule has 0 aliphatic heterocycles. The topological polar surface area (TPSA) is 114 Å². The molecular formula is C33H38N2O6. The van der Waals surface area contributed by atoms with Crippen LogP contribution in [0.4, 0.5) is 4.79 Å². The molecule has 0 aromatic heterocycles. The van der Waals surface area contributed by atoms with Gasteiger partial charge in [-0.05, 0) is 41.2 Å². The molecule has 2 amide bonds. The van der Waals surface area contributed by atoms with Gasteiger partial charge in [0.2, 0.25) is 5.91 Å². The number of benzene rings is 3. The average Bonchev–Trinajstić information content (AvgIpc) is 3.30. The predicted molar refractivity (Wildman–Crippen MR) is 156 cm³/mol. The van der Waals surface area contributed by atoms with Gasteiger partial charge in [0.15, 0.2) is 6.04 Å². The van der Waals surface area contributed by atoms with Crippen molar-refractivity contribution in [2.45, 2.75) is 70.2 Å². The molecule has 216 valence electrons. The van der Waals surface area contributed by atoms with Crippen molar-refractivity contribution >= 4 is 18.0 Å². The van der Waals surface area contributed by atoms with E-state index in [1.807, 2.05) is 61.5 Å². The highest BCUT2D eigenvalue weighted by Crippen LogP contribution is 2.44. The molecule has 8 nitrogen and oxygen atoms in total. The van der Waals surface area contributed by atoms with Gasteiger partial charge in [0.05, 0.1) is 12.7 Å². The summed E-state index contributed by atoms with van der Waals surface area (Å²) in [7, 11) is 0. The zero-order valence-corrected chi connectivity index (χ0v) is 23.5. The van der Waals surface area contributed by atoms with Crippen LogP contribution in [0.5, 0.6) is 0 Å². The fraction of sp³-hybridized carbons (Fsp3) is 0.364. The van der Waals surface area contributed by atoms with E-state index in [2.05, 4.69) is 34.9 Å². The third-order valence-electron chi connectivity index (χ3n) is 7.41. The second kappa shape index (κ2) is 14.5. The lowest BCUT2D eigenvalue weighted by Gasteiger charge is -2.24. The molecule has 0 saturated carbocycles. The molecule has 0 heterocycles. The number of fused-ring (bicyclic) bond motifs is 3. The lowest BCUT2D eigenvalue weighted by Crippen LogP contribution is -2.50. The summed E-state index contributed by atoms with van der Waals surface area (Å²) in [5, 5.41) is 15.1. The van der Waals surface area contributed by atoms with Gasteiger partial charge in [0.25, 0.3) is 0 Å². The van der Waals surface area contributed by atoms with Crippen molar-refractivity contribution in [3.05, 3.63) is 95.6 Å². The molecule has 0 spiro atoms. The van der Waals surface area contributed by atoms with Gasteiger partial charge in [-0.15, -0.1) is 0 Å². The minimum atomic E-state index is -1.23. The highest BCUT2D eigenvalue weighted by molar-refractivity contribution is 5.84. The maximum atomic E-state index is 12.9. The molecule has 41 heavy (non-hydrogen) atoms. The van der Waals surface area contributed by atoms with Gasteiger partial charge >= 0.3 is 12.1 Å². The smallest absolute Gasteiger partial charge is 0.407 e. The highest BCUT2D eigenvalue weighted by Gasteiger charge is 2.30. The Morgan fingerprint density at radius 3 is 2.10 bits per heavy atom. The molecule has 0 bridgehead atoms. The lowest BCUT2D eigenvalue weighted by molar-refractivity contribution is -0.146. The molecule has 0 radical (unpaired) electrons. The first-order valence-electron chi connectivity index (χ1n) is 14.2. The number of alkyl carbamates (subject to hydrolysis) is 1. The van der Waals surface area contributed by atoms with Gasteiger partial charge in [-0.1, -0.05) is 98.6 Å². The number of aliphatic carboxylic acids is 1. The number of rotatable bonds is 14.